The molecule has 0 saturated carbocycles. The van der Waals surface area contributed by atoms with E-state index in [0.29, 0.717) is 22.1 Å². The highest BCUT2D eigenvalue weighted by Crippen LogP contribution is 2.44. The van der Waals surface area contributed by atoms with Gasteiger partial charge in [-0.1, -0.05) is 113 Å². The number of aryl methyl sites for hydroxylation is 1. The largest absolute Gasteiger partial charge is 0.453 e. The third-order valence-electron chi connectivity index (χ3n) is 9.87. The molecule has 0 saturated heterocycles. The van der Waals surface area contributed by atoms with E-state index in [9.17, 15) is 0 Å². The maximum atomic E-state index is 8.47. The third-order valence-corrected chi connectivity index (χ3v) is 9.87. The smallest absolute Gasteiger partial charge is 0.162 e. The Labute approximate surface area is 289 Å². The van der Waals surface area contributed by atoms with Crippen LogP contribution in [0.5, 0.6) is 0 Å². The van der Waals surface area contributed by atoms with E-state index in [4.69, 9.17) is 18.5 Å². The van der Waals surface area contributed by atoms with Crippen LogP contribution in [0.3, 0.4) is 0 Å². The second-order valence-electron chi connectivity index (χ2n) is 13.6. The first-order valence-corrected chi connectivity index (χ1v) is 17.0. The zero-order valence-electron chi connectivity index (χ0n) is 31.0. The SMILES string of the molecule is [2H]C([2H])([2H])c1nc2c3cccc(-c4nc5ccccc5n4-c4c(C(C)C)cc(-c5ccccc5)cc4C(C)C)c3oc2c2c1ccc1ccccc12. The van der Waals surface area contributed by atoms with Crippen LogP contribution in [0.15, 0.2) is 126 Å². The summed E-state index contributed by atoms with van der Waals surface area (Å²) in [4.78, 5) is 10.2. The number of benzene rings is 6. The topological polar surface area (TPSA) is 43.9 Å². The van der Waals surface area contributed by atoms with Crippen LogP contribution in [-0.4, -0.2) is 14.5 Å². The fraction of sp³-hybridized carbons (Fsp3) is 0.156. The highest BCUT2D eigenvalue weighted by molar-refractivity contribution is 6.23. The van der Waals surface area contributed by atoms with Crippen LogP contribution in [0.25, 0.3) is 82.8 Å². The lowest BCUT2D eigenvalue weighted by Gasteiger charge is -2.24. The van der Waals surface area contributed by atoms with Crippen LogP contribution >= 0.6 is 0 Å². The molecule has 0 aliphatic carbocycles. The maximum absolute atomic E-state index is 8.47. The molecular formula is C45H37N3O. The van der Waals surface area contributed by atoms with Crippen molar-refractivity contribution in [1.29, 1.82) is 0 Å². The first kappa shape index (κ1) is 26.2. The van der Waals surface area contributed by atoms with Gasteiger partial charge >= 0.3 is 0 Å². The molecule has 0 aliphatic heterocycles. The van der Waals surface area contributed by atoms with E-state index >= 15 is 0 Å². The van der Waals surface area contributed by atoms with Crippen molar-refractivity contribution in [2.24, 2.45) is 0 Å². The van der Waals surface area contributed by atoms with Crippen LogP contribution in [0.1, 0.15) is 60.5 Å². The molecule has 0 N–H and O–H groups in total. The van der Waals surface area contributed by atoms with Crippen molar-refractivity contribution in [3.8, 4) is 28.2 Å². The second-order valence-corrected chi connectivity index (χ2v) is 13.6. The summed E-state index contributed by atoms with van der Waals surface area (Å²) in [6, 6.07) is 41.4. The third kappa shape index (κ3) is 4.51. The summed E-state index contributed by atoms with van der Waals surface area (Å²) < 4.78 is 34.7. The van der Waals surface area contributed by atoms with Gasteiger partial charge in [-0.3, -0.25) is 4.57 Å². The van der Waals surface area contributed by atoms with Crippen molar-refractivity contribution in [1.82, 2.24) is 14.5 Å². The number of imidazole rings is 1. The van der Waals surface area contributed by atoms with Gasteiger partial charge in [0.1, 0.15) is 16.9 Å². The molecule has 9 rings (SSSR count). The average Bonchev–Trinajstić information content (AvgIpc) is 3.72. The summed E-state index contributed by atoms with van der Waals surface area (Å²) in [5.74, 6) is 1.19. The molecule has 9 aromatic rings. The molecule has 0 unspecified atom stereocenters. The number of nitrogens with zero attached hydrogens (tertiary/aromatic N) is 3. The van der Waals surface area contributed by atoms with E-state index in [2.05, 4.69) is 99.0 Å². The molecule has 0 bridgehead atoms. The Balaban J connectivity index is 1.40. The normalized spacial score (nSPS) is 13.3. The fourth-order valence-electron chi connectivity index (χ4n) is 7.50. The Bertz CT molecular complexity index is 2820. The monoisotopic (exact) mass is 638 g/mol. The second kappa shape index (κ2) is 11.2. The number of fused-ring (bicyclic) bond motifs is 8. The number of para-hydroxylation sites is 3. The zero-order chi connectivity index (χ0) is 35.9. The van der Waals surface area contributed by atoms with Gasteiger partial charge in [-0.25, -0.2) is 9.97 Å². The number of rotatable bonds is 5. The molecular weight excluding hydrogens is 599 g/mol. The minimum atomic E-state index is -2.42. The van der Waals surface area contributed by atoms with Crippen LogP contribution in [0.2, 0.25) is 0 Å². The van der Waals surface area contributed by atoms with Gasteiger partial charge in [0, 0.05) is 26.0 Å². The molecule has 4 nitrogen and oxygen atoms in total. The summed E-state index contributed by atoms with van der Waals surface area (Å²) >= 11 is 0. The van der Waals surface area contributed by atoms with E-state index in [-0.39, 0.29) is 17.5 Å². The lowest BCUT2D eigenvalue weighted by atomic mass is 9.88. The van der Waals surface area contributed by atoms with Crippen molar-refractivity contribution in [2.75, 3.05) is 0 Å². The van der Waals surface area contributed by atoms with Gasteiger partial charge in [0.25, 0.3) is 0 Å². The quantitative estimate of drug-likeness (QED) is 0.176. The molecule has 6 aromatic carbocycles. The average molecular weight is 639 g/mol. The standard InChI is InChI=1S/C45H37N3O/c1-26(2)36-24-31(29-14-7-6-8-15-29)25-37(27(3)4)42(36)48-39-21-12-11-20-38(39)47-45(48)35-19-13-18-34-41-44(49-43(34)35)40-32(28(5)46-41)23-22-30-16-9-10-17-33(30)40/h6-27H,1-5H3/i5D3. The molecule has 4 heteroatoms. The molecule has 0 radical (unpaired) electrons. The van der Waals surface area contributed by atoms with Gasteiger partial charge in [-0.2, -0.15) is 0 Å². The van der Waals surface area contributed by atoms with Gasteiger partial charge in [0.15, 0.2) is 5.58 Å². The summed E-state index contributed by atoms with van der Waals surface area (Å²) in [6.45, 7) is 6.58. The van der Waals surface area contributed by atoms with Crippen molar-refractivity contribution in [3.05, 3.63) is 138 Å². The number of furan rings is 1. The molecule has 0 atom stereocenters. The number of aromatic nitrogens is 3. The van der Waals surface area contributed by atoms with Crippen molar-refractivity contribution < 1.29 is 8.53 Å². The lowest BCUT2D eigenvalue weighted by molar-refractivity contribution is 0.672. The highest BCUT2D eigenvalue weighted by Gasteiger charge is 2.26. The van der Waals surface area contributed by atoms with Crippen LogP contribution in [0, 0.1) is 6.85 Å². The highest BCUT2D eigenvalue weighted by atomic mass is 16.3. The Morgan fingerprint density at radius 3 is 2.12 bits per heavy atom. The van der Waals surface area contributed by atoms with Crippen molar-refractivity contribution in [3.63, 3.8) is 0 Å². The van der Waals surface area contributed by atoms with Crippen molar-refractivity contribution >= 4 is 54.6 Å². The number of hydrogen-bond acceptors (Lipinski definition) is 3. The van der Waals surface area contributed by atoms with Gasteiger partial charge in [0.05, 0.1) is 22.3 Å². The van der Waals surface area contributed by atoms with E-state index in [0.717, 1.165) is 49.7 Å². The molecule has 3 aromatic heterocycles. The maximum Gasteiger partial charge on any atom is 0.162 e. The number of pyridine rings is 1. The van der Waals surface area contributed by atoms with Crippen molar-refractivity contribution in [2.45, 2.75) is 46.4 Å². The first-order chi connectivity index (χ1) is 25.1. The zero-order valence-corrected chi connectivity index (χ0v) is 28.0. The Hall–Kier alpha value is -5.74. The Kier molecular flexibility index (Phi) is 5.98. The van der Waals surface area contributed by atoms with Gasteiger partial charge in [-0.15, -0.1) is 0 Å². The molecule has 49 heavy (non-hydrogen) atoms. The molecule has 0 aliphatic rings. The first-order valence-electron chi connectivity index (χ1n) is 18.5. The Morgan fingerprint density at radius 2 is 1.35 bits per heavy atom. The molecule has 0 amide bonds. The molecule has 3 heterocycles. The molecule has 238 valence electrons. The summed E-state index contributed by atoms with van der Waals surface area (Å²) in [5.41, 5.74) is 10.5. The van der Waals surface area contributed by atoms with Gasteiger partial charge in [-0.05, 0) is 88.1 Å². The fourth-order valence-corrected chi connectivity index (χ4v) is 7.50. The van der Waals surface area contributed by atoms with Crippen LogP contribution in [-0.2, 0) is 0 Å². The summed E-state index contributed by atoms with van der Waals surface area (Å²) in [5, 5.41) is 4.00. The van der Waals surface area contributed by atoms with E-state index in [1.165, 1.54) is 22.3 Å². The molecule has 0 spiro atoms. The van der Waals surface area contributed by atoms with Crippen LogP contribution in [0.4, 0.5) is 0 Å². The predicted octanol–water partition coefficient (Wildman–Crippen LogP) is 12.5. The predicted molar refractivity (Wildman–Crippen MR) is 205 cm³/mol. The molecule has 0 fully saturated rings. The number of hydrogen-bond donors (Lipinski definition) is 0. The minimum Gasteiger partial charge on any atom is -0.453 e. The lowest BCUT2D eigenvalue weighted by Crippen LogP contribution is -2.09. The van der Waals surface area contributed by atoms with Crippen LogP contribution < -0.4 is 0 Å². The summed E-state index contributed by atoms with van der Waals surface area (Å²) in [7, 11) is 0. The van der Waals surface area contributed by atoms with Gasteiger partial charge in [0.2, 0.25) is 0 Å². The summed E-state index contributed by atoms with van der Waals surface area (Å²) in [6.07, 6.45) is 0. The van der Waals surface area contributed by atoms with Gasteiger partial charge < -0.3 is 4.42 Å². The minimum absolute atomic E-state index is 0.0720. The van der Waals surface area contributed by atoms with E-state index < -0.39 is 6.85 Å². The van der Waals surface area contributed by atoms with E-state index in [1.54, 1.807) is 0 Å². The Morgan fingerprint density at radius 1 is 0.633 bits per heavy atom. The van der Waals surface area contributed by atoms with E-state index in [1.807, 2.05) is 54.6 Å².